The Kier molecular flexibility index (Phi) is 12.3. The molecule has 0 radical (unpaired) electrons. The Morgan fingerprint density at radius 3 is 2.14 bits per heavy atom. The summed E-state index contributed by atoms with van der Waals surface area (Å²) in [6.45, 7) is 21.2. The lowest BCUT2D eigenvalue weighted by atomic mass is 9.41. The smallest absolute Gasteiger partial charge is 0.0195 e. The minimum atomic E-state index is 0.615. The highest BCUT2D eigenvalue weighted by Gasteiger charge is 2.62. The van der Waals surface area contributed by atoms with Crippen molar-refractivity contribution in [3.05, 3.63) is 12.2 Å². The van der Waals surface area contributed by atoms with E-state index in [1.165, 1.54) is 89.4 Å². The van der Waals surface area contributed by atoms with Gasteiger partial charge in [0.05, 0.1) is 0 Å². The monoisotopic (exact) mass is 505 g/mol. The Morgan fingerprint density at radius 2 is 1.57 bits per heavy atom. The zero-order valence-corrected chi connectivity index (χ0v) is 26.3. The van der Waals surface area contributed by atoms with Crippen LogP contribution in [0.5, 0.6) is 0 Å². The van der Waals surface area contributed by atoms with Gasteiger partial charge in [0.1, 0.15) is 0 Å². The van der Waals surface area contributed by atoms with Crippen LogP contribution in [-0.2, 0) is 0 Å². The topological polar surface area (TPSA) is 26.0 Å². The highest BCUT2D eigenvalue weighted by atomic mass is 31.0. The van der Waals surface area contributed by atoms with Crippen LogP contribution in [0.3, 0.4) is 0 Å². The normalized spacial score (nSPS) is 42.7. The minimum Gasteiger partial charge on any atom is -0.333 e. The van der Waals surface area contributed by atoms with Crippen molar-refractivity contribution in [2.75, 3.05) is 13.2 Å². The molecule has 11 atom stereocenters. The van der Waals surface area contributed by atoms with Gasteiger partial charge in [0, 0.05) is 0 Å². The number of hydrogen-bond donors (Lipinski definition) is 1. The van der Waals surface area contributed by atoms with Crippen molar-refractivity contribution >= 4 is 9.24 Å². The molecule has 4 saturated carbocycles. The van der Waals surface area contributed by atoms with Crippen LogP contribution in [0.2, 0.25) is 0 Å². The van der Waals surface area contributed by atoms with E-state index in [4.69, 9.17) is 0 Å². The molecule has 2 heteroatoms. The van der Waals surface area contributed by atoms with Crippen molar-refractivity contribution in [2.24, 2.45) is 63.9 Å². The lowest BCUT2D eigenvalue weighted by Crippen LogP contribution is -2.56. The van der Waals surface area contributed by atoms with E-state index in [1.54, 1.807) is 6.42 Å². The highest BCUT2D eigenvalue weighted by molar-refractivity contribution is 7.16. The molecule has 0 amide bonds. The van der Waals surface area contributed by atoms with Gasteiger partial charge >= 0.3 is 0 Å². The molecule has 0 aromatic carbocycles. The van der Waals surface area contributed by atoms with Gasteiger partial charge in [-0.25, -0.2) is 0 Å². The van der Waals surface area contributed by atoms with E-state index in [0.717, 1.165) is 47.3 Å². The van der Waals surface area contributed by atoms with Crippen molar-refractivity contribution in [1.82, 2.24) is 0 Å². The van der Waals surface area contributed by atoms with Crippen LogP contribution in [0.25, 0.3) is 0 Å². The SMILES string of the molecule is C=C(C)CCC(C)C1CCC2C3C(CC)CC4CC(CP)CCC4(C)C3CCC12C.CCC.CN. The summed E-state index contributed by atoms with van der Waals surface area (Å²) in [5.41, 5.74) is 7.14. The first-order chi connectivity index (χ1) is 16.7. The summed E-state index contributed by atoms with van der Waals surface area (Å²) in [6, 6.07) is 0. The molecule has 2 N–H and O–H groups in total. The molecule has 4 aliphatic rings. The molecule has 0 spiro atoms. The first-order valence-electron chi connectivity index (χ1n) is 15.6. The van der Waals surface area contributed by atoms with Crippen molar-refractivity contribution < 1.29 is 0 Å². The quantitative estimate of drug-likeness (QED) is 0.282. The van der Waals surface area contributed by atoms with Crippen molar-refractivity contribution in [2.45, 2.75) is 126 Å². The van der Waals surface area contributed by atoms with Crippen LogP contribution in [0.15, 0.2) is 12.2 Å². The second-order valence-corrected chi connectivity index (χ2v) is 14.2. The second kappa shape index (κ2) is 13.8. The van der Waals surface area contributed by atoms with Gasteiger partial charge in [-0.2, -0.15) is 0 Å². The molecule has 4 fully saturated rings. The molecule has 0 aromatic rings. The van der Waals surface area contributed by atoms with Crippen molar-refractivity contribution in [3.8, 4) is 0 Å². The lowest BCUT2D eigenvalue weighted by molar-refractivity contribution is -0.146. The molecule has 0 aliphatic heterocycles. The standard InChI is InChI=1S/C29H51P.C3H8.CH5N/c1-7-22-17-23-16-21(18-30)12-14-28(23,5)26-13-15-29(6)24(10-11-25(29)27(22)26)20(4)9-8-19(2)3;1-3-2;1-2/h20-27H,2,7-18,30H2,1,3-6H3;3H2,1-2H3;2H2,1H3. The number of fused-ring (bicyclic) bond motifs is 5. The summed E-state index contributed by atoms with van der Waals surface area (Å²) in [4.78, 5) is 0. The average molecular weight is 506 g/mol. The van der Waals surface area contributed by atoms with Gasteiger partial charge in [0.25, 0.3) is 0 Å². The molecule has 1 nitrogen and oxygen atoms in total. The van der Waals surface area contributed by atoms with Gasteiger partial charge in [0.15, 0.2) is 0 Å². The summed E-state index contributed by atoms with van der Waals surface area (Å²) in [5, 5.41) is 0. The van der Waals surface area contributed by atoms with Gasteiger partial charge in [0.2, 0.25) is 0 Å². The maximum Gasteiger partial charge on any atom is -0.0195 e. The maximum absolute atomic E-state index is 4.50. The van der Waals surface area contributed by atoms with E-state index >= 15 is 0 Å². The number of nitrogens with two attached hydrogens (primary N) is 1. The fraction of sp³-hybridized carbons (Fsp3) is 0.939. The molecule has 206 valence electrons. The third-order valence-electron chi connectivity index (χ3n) is 11.6. The Morgan fingerprint density at radius 1 is 0.971 bits per heavy atom. The molecule has 11 unspecified atom stereocenters. The number of hydrogen-bond acceptors (Lipinski definition) is 1. The van der Waals surface area contributed by atoms with E-state index in [2.05, 4.69) is 70.0 Å². The zero-order valence-electron chi connectivity index (χ0n) is 25.2. The van der Waals surface area contributed by atoms with Crippen LogP contribution in [-0.4, -0.2) is 13.2 Å². The van der Waals surface area contributed by atoms with Gasteiger partial charge in [-0.1, -0.05) is 60.0 Å². The van der Waals surface area contributed by atoms with Gasteiger partial charge in [-0.3, -0.25) is 0 Å². The molecule has 0 aromatic heterocycles. The van der Waals surface area contributed by atoms with Gasteiger partial charge in [-0.15, -0.1) is 15.8 Å². The number of allylic oxidation sites excluding steroid dienone is 1. The first-order valence-corrected chi connectivity index (χ1v) is 16.4. The Hall–Kier alpha value is 0.130. The Labute approximate surface area is 223 Å². The summed E-state index contributed by atoms with van der Waals surface area (Å²) in [5.74, 6) is 7.90. The predicted octanol–water partition coefficient (Wildman–Crippen LogP) is 9.76. The minimum absolute atomic E-state index is 0.615. The van der Waals surface area contributed by atoms with E-state index in [9.17, 15) is 0 Å². The summed E-state index contributed by atoms with van der Waals surface area (Å²) in [7, 11) is 4.56. The summed E-state index contributed by atoms with van der Waals surface area (Å²) in [6.07, 6.45) is 18.8. The second-order valence-electron chi connectivity index (χ2n) is 13.7. The largest absolute Gasteiger partial charge is 0.333 e. The van der Waals surface area contributed by atoms with Crippen LogP contribution in [0, 0.1) is 58.2 Å². The van der Waals surface area contributed by atoms with Gasteiger partial charge in [-0.05, 0) is 143 Å². The van der Waals surface area contributed by atoms with Gasteiger partial charge < -0.3 is 5.73 Å². The Balaban J connectivity index is 0.000000803. The predicted molar refractivity (Wildman–Crippen MR) is 162 cm³/mol. The third kappa shape index (κ3) is 6.41. The van der Waals surface area contributed by atoms with E-state index < -0.39 is 0 Å². The molecular formula is C33H64NP. The van der Waals surface area contributed by atoms with Crippen molar-refractivity contribution in [3.63, 3.8) is 0 Å². The van der Waals surface area contributed by atoms with Crippen molar-refractivity contribution in [1.29, 1.82) is 0 Å². The molecule has 4 aliphatic carbocycles. The summed E-state index contributed by atoms with van der Waals surface area (Å²) >= 11 is 0. The number of rotatable bonds is 6. The highest BCUT2D eigenvalue weighted by Crippen LogP contribution is 2.70. The van der Waals surface area contributed by atoms with E-state index in [1.807, 2.05) is 0 Å². The fourth-order valence-corrected chi connectivity index (χ4v) is 10.2. The first kappa shape index (κ1) is 31.3. The van der Waals surface area contributed by atoms with E-state index in [0.29, 0.717) is 10.8 Å². The average Bonchev–Trinajstić information content (AvgIpc) is 3.20. The molecule has 0 heterocycles. The zero-order chi connectivity index (χ0) is 26.4. The summed E-state index contributed by atoms with van der Waals surface area (Å²) < 4.78 is 0. The van der Waals surface area contributed by atoms with Crippen LogP contribution < -0.4 is 5.73 Å². The molecular weight excluding hydrogens is 441 g/mol. The molecule has 4 rings (SSSR count). The Bertz CT molecular complexity index is 645. The molecule has 0 bridgehead atoms. The molecule has 35 heavy (non-hydrogen) atoms. The fourth-order valence-electron chi connectivity index (χ4n) is 9.81. The van der Waals surface area contributed by atoms with E-state index in [-0.39, 0.29) is 0 Å². The maximum atomic E-state index is 4.50. The van der Waals surface area contributed by atoms with Crippen LogP contribution >= 0.6 is 9.24 Å². The molecule has 0 saturated heterocycles. The van der Waals surface area contributed by atoms with Crippen LogP contribution in [0.1, 0.15) is 126 Å². The van der Waals surface area contributed by atoms with Crippen LogP contribution in [0.4, 0.5) is 0 Å². The lowest BCUT2D eigenvalue weighted by Gasteiger charge is -2.64. The third-order valence-corrected chi connectivity index (χ3v) is 12.3.